The highest BCUT2D eigenvalue weighted by molar-refractivity contribution is 5.95. The number of rotatable bonds is 6. The molecule has 162 valence electrons. The number of nitrogens with zero attached hydrogens (tertiary/aromatic N) is 3. The lowest BCUT2D eigenvalue weighted by atomic mass is 9.95. The van der Waals surface area contributed by atoms with Crippen molar-refractivity contribution in [2.75, 3.05) is 0 Å². The fraction of sp³-hybridized carbons (Fsp3) is 0.222. The normalized spacial score (nSPS) is 11.5. The van der Waals surface area contributed by atoms with Gasteiger partial charge < -0.3 is 5.11 Å². The molecule has 0 aliphatic heterocycles. The molecule has 0 fully saturated rings. The Labute approximate surface area is 188 Å². The molecule has 1 N–H and O–H groups in total. The predicted octanol–water partition coefficient (Wildman–Crippen LogP) is 5.58. The molecule has 5 nitrogen and oxygen atoms in total. The average molecular weight is 426 g/mol. The number of carboxylic acid groups (broad SMARTS) is 1. The van der Waals surface area contributed by atoms with Crippen molar-refractivity contribution >= 4 is 5.97 Å². The summed E-state index contributed by atoms with van der Waals surface area (Å²) in [6.45, 7) is 7.04. The highest BCUT2D eigenvalue weighted by Gasteiger charge is 2.23. The lowest BCUT2D eigenvalue weighted by molar-refractivity contribution is 0.0697. The maximum Gasteiger partial charge on any atom is 0.336 e. The van der Waals surface area contributed by atoms with Gasteiger partial charge in [-0.15, -0.1) is 0 Å². The molecule has 0 spiro atoms. The maximum atomic E-state index is 11.5. The van der Waals surface area contributed by atoms with Crippen LogP contribution in [0.2, 0.25) is 0 Å². The van der Waals surface area contributed by atoms with Gasteiger partial charge in [0.15, 0.2) is 5.82 Å². The van der Waals surface area contributed by atoms with Gasteiger partial charge in [0.2, 0.25) is 0 Å². The van der Waals surface area contributed by atoms with E-state index in [9.17, 15) is 9.90 Å². The molecule has 0 unspecified atom stereocenters. The van der Waals surface area contributed by atoms with E-state index in [0.29, 0.717) is 24.1 Å². The van der Waals surface area contributed by atoms with Crippen LogP contribution in [0.25, 0.3) is 11.1 Å². The van der Waals surface area contributed by atoms with Crippen LogP contribution >= 0.6 is 0 Å². The fourth-order valence-electron chi connectivity index (χ4n) is 3.79. The van der Waals surface area contributed by atoms with E-state index >= 15 is 0 Å². The summed E-state index contributed by atoms with van der Waals surface area (Å²) in [5.74, 6) is 0.838. The molecule has 0 aliphatic rings. The molecule has 4 aromatic rings. The molecule has 32 heavy (non-hydrogen) atoms. The van der Waals surface area contributed by atoms with E-state index in [0.717, 1.165) is 22.8 Å². The first kappa shape index (κ1) is 21.5. The van der Waals surface area contributed by atoms with E-state index < -0.39 is 5.97 Å². The Morgan fingerprint density at radius 2 is 1.53 bits per heavy atom. The van der Waals surface area contributed by atoms with Gasteiger partial charge in [-0.05, 0) is 28.3 Å². The first-order valence-corrected chi connectivity index (χ1v) is 10.7. The molecule has 0 radical (unpaired) electrons. The third-order valence-electron chi connectivity index (χ3n) is 5.35. The van der Waals surface area contributed by atoms with Crippen LogP contribution in [0.3, 0.4) is 0 Å². The van der Waals surface area contributed by atoms with Gasteiger partial charge in [0.25, 0.3) is 0 Å². The standard InChI is InChI=1S/C27H27N3O2/c1-27(2,3)26-28-24(17-19-9-5-4-6-10-19)29-30(26)18-20-13-15-21(16-14-20)22-11-7-8-12-23(22)25(31)32/h4-16H,17-18H2,1-3H3,(H,31,32). The Kier molecular flexibility index (Phi) is 5.91. The molecule has 3 aromatic carbocycles. The number of aromatic carboxylic acids is 1. The highest BCUT2D eigenvalue weighted by Crippen LogP contribution is 2.26. The lowest BCUT2D eigenvalue weighted by Gasteiger charge is -2.18. The fourth-order valence-corrected chi connectivity index (χ4v) is 3.79. The van der Waals surface area contributed by atoms with Gasteiger partial charge >= 0.3 is 5.97 Å². The van der Waals surface area contributed by atoms with Crippen molar-refractivity contribution in [3.63, 3.8) is 0 Å². The third kappa shape index (κ3) is 4.78. The summed E-state index contributed by atoms with van der Waals surface area (Å²) in [6, 6.07) is 25.3. The van der Waals surface area contributed by atoms with Crippen LogP contribution in [0, 0.1) is 0 Å². The Balaban J connectivity index is 1.60. The zero-order chi connectivity index (χ0) is 22.7. The van der Waals surface area contributed by atoms with Crippen molar-refractivity contribution in [2.24, 2.45) is 0 Å². The van der Waals surface area contributed by atoms with E-state index in [-0.39, 0.29) is 5.41 Å². The van der Waals surface area contributed by atoms with Crippen LogP contribution in [0.5, 0.6) is 0 Å². The summed E-state index contributed by atoms with van der Waals surface area (Å²) >= 11 is 0. The topological polar surface area (TPSA) is 68.0 Å². The number of benzene rings is 3. The smallest absolute Gasteiger partial charge is 0.336 e. The minimum Gasteiger partial charge on any atom is -0.478 e. The number of carbonyl (C=O) groups is 1. The van der Waals surface area contributed by atoms with E-state index in [1.165, 1.54) is 5.56 Å². The molecule has 0 atom stereocenters. The SMILES string of the molecule is CC(C)(C)c1nc(Cc2ccccc2)nn1Cc1ccc(-c2ccccc2C(=O)O)cc1. The van der Waals surface area contributed by atoms with Crippen molar-refractivity contribution in [2.45, 2.75) is 39.2 Å². The van der Waals surface area contributed by atoms with Gasteiger partial charge in [0.05, 0.1) is 12.1 Å². The Morgan fingerprint density at radius 3 is 2.19 bits per heavy atom. The molecule has 1 heterocycles. The largest absolute Gasteiger partial charge is 0.478 e. The van der Waals surface area contributed by atoms with Crippen molar-refractivity contribution in [1.82, 2.24) is 14.8 Å². The molecule has 5 heteroatoms. The van der Waals surface area contributed by atoms with Crippen LogP contribution in [-0.4, -0.2) is 25.8 Å². The lowest BCUT2D eigenvalue weighted by Crippen LogP contribution is -2.20. The van der Waals surface area contributed by atoms with E-state index in [1.54, 1.807) is 12.1 Å². The second kappa shape index (κ2) is 8.79. The van der Waals surface area contributed by atoms with Crippen LogP contribution in [-0.2, 0) is 18.4 Å². The highest BCUT2D eigenvalue weighted by atomic mass is 16.4. The Hall–Kier alpha value is -3.73. The van der Waals surface area contributed by atoms with Crippen LogP contribution in [0.1, 0.15) is 53.9 Å². The maximum absolute atomic E-state index is 11.5. The van der Waals surface area contributed by atoms with Gasteiger partial charge in [-0.3, -0.25) is 0 Å². The summed E-state index contributed by atoms with van der Waals surface area (Å²) in [6.07, 6.45) is 0.696. The number of aromatic nitrogens is 3. The molecule has 0 saturated heterocycles. The molecule has 0 amide bonds. The van der Waals surface area contributed by atoms with Crippen LogP contribution in [0.4, 0.5) is 0 Å². The van der Waals surface area contributed by atoms with Gasteiger partial charge in [-0.2, -0.15) is 5.10 Å². The first-order chi connectivity index (χ1) is 15.3. The van der Waals surface area contributed by atoms with Gasteiger partial charge in [-0.1, -0.05) is 93.6 Å². The van der Waals surface area contributed by atoms with E-state index in [4.69, 9.17) is 10.1 Å². The van der Waals surface area contributed by atoms with Crippen molar-refractivity contribution in [1.29, 1.82) is 0 Å². The first-order valence-electron chi connectivity index (χ1n) is 10.7. The van der Waals surface area contributed by atoms with Crippen LogP contribution in [0.15, 0.2) is 78.9 Å². The van der Waals surface area contributed by atoms with Gasteiger partial charge in [-0.25, -0.2) is 14.5 Å². The molecule has 1 aromatic heterocycles. The summed E-state index contributed by atoms with van der Waals surface area (Å²) in [4.78, 5) is 16.4. The minimum atomic E-state index is -0.923. The molecule has 4 rings (SSSR count). The quantitative estimate of drug-likeness (QED) is 0.438. The minimum absolute atomic E-state index is 0.137. The summed E-state index contributed by atoms with van der Waals surface area (Å²) < 4.78 is 1.98. The monoisotopic (exact) mass is 425 g/mol. The molecule has 0 bridgehead atoms. The van der Waals surface area contributed by atoms with Crippen molar-refractivity contribution in [3.8, 4) is 11.1 Å². The van der Waals surface area contributed by atoms with Crippen molar-refractivity contribution < 1.29 is 9.90 Å². The number of hydrogen-bond acceptors (Lipinski definition) is 3. The number of carboxylic acids is 1. The third-order valence-corrected chi connectivity index (χ3v) is 5.35. The average Bonchev–Trinajstić information content (AvgIpc) is 3.17. The van der Waals surface area contributed by atoms with Gasteiger partial charge in [0.1, 0.15) is 5.82 Å². The second-order valence-corrected chi connectivity index (χ2v) is 8.97. The zero-order valence-electron chi connectivity index (χ0n) is 18.6. The van der Waals surface area contributed by atoms with E-state index in [2.05, 4.69) is 32.9 Å². The Morgan fingerprint density at radius 1 is 0.875 bits per heavy atom. The van der Waals surface area contributed by atoms with Crippen molar-refractivity contribution in [3.05, 3.63) is 107 Å². The summed E-state index contributed by atoms with van der Waals surface area (Å²) in [5, 5.41) is 14.3. The second-order valence-electron chi connectivity index (χ2n) is 8.97. The van der Waals surface area contributed by atoms with Crippen LogP contribution < -0.4 is 0 Å². The predicted molar refractivity (Wildman–Crippen MR) is 126 cm³/mol. The molecular formula is C27H27N3O2. The van der Waals surface area contributed by atoms with Gasteiger partial charge in [0, 0.05) is 11.8 Å². The molecule has 0 aliphatic carbocycles. The summed E-state index contributed by atoms with van der Waals surface area (Å²) in [7, 11) is 0. The zero-order valence-corrected chi connectivity index (χ0v) is 18.6. The summed E-state index contributed by atoms with van der Waals surface area (Å²) in [5.41, 5.74) is 4.04. The number of hydrogen-bond donors (Lipinski definition) is 1. The molecule has 0 saturated carbocycles. The molecular weight excluding hydrogens is 398 g/mol. The Bertz CT molecular complexity index is 1220. The van der Waals surface area contributed by atoms with E-state index in [1.807, 2.05) is 59.3 Å².